The van der Waals surface area contributed by atoms with Crippen molar-refractivity contribution in [3.05, 3.63) is 5.82 Å². The fourth-order valence-electron chi connectivity index (χ4n) is 1.95. The third kappa shape index (κ3) is 6.05. The smallest absolute Gasteiger partial charge is 0.242 e. The van der Waals surface area contributed by atoms with Gasteiger partial charge in [-0.15, -0.1) is 0 Å². The van der Waals surface area contributed by atoms with E-state index in [4.69, 9.17) is 15.2 Å². The maximum absolute atomic E-state index is 6.12. The number of hydrogen-bond acceptors (Lipinski definition) is 6. The summed E-state index contributed by atoms with van der Waals surface area (Å²) in [7, 11) is 1.63. The number of aromatic nitrogens is 2. The minimum Gasteiger partial charge on any atom is -0.474 e. The number of rotatable bonds is 11. The average Bonchev–Trinajstić information content (AvgIpc) is 2.50. The van der Waals surface area contributed by atoms with E-state index in [0.717, 1.165) is 18.8 Å². The van der Waals surface area contributed by atoms with Crippen LogP contribution in [-0.4, -0.2) is 36.8 Å². The van der Waals surface area contributed by atoms with Crippen LogP contribution >= 0.6 is 0 Å². The predicted octanol–water partition coefficient (Wildman–Crippen LogP) is 3.20. The third-order valence-corrected chi connectivity index (χ3v) is 3.29. The van der Waals surface area contributed by atoms with Gasteiger partial charge in [0.1, 0.15) is 18.1 Å². The molecule has 0 aliphatic carbocycles. The molecule has 6 nitrogen and oxygen atoms in total. The zero-order chi connectivity index (χ0) is 16.4. The Bertz CT molecular complexity index is 438. The second-order valence-corrected chi connectivity index (χ2v) is 5.63. The van der Waals surface area contributed by atoms with Crippen LogP contribution in [0.1, 0.15) is 58.2 Å². The van der Waals surface area contributed by atoms with Crippen LogP contribution in [0.3, 0.4) is 0 Å². The Kier molecular flexibility index (Phi) is 8.58. The average molecular weight is 310 g/mol. The van der Waals surface area contributed by atoms with Crippen LogP contribution in [0, 0.1) is 0 Å². The lowest BCUT2D eigenvalue weighted by Crippen LogP contribution is -2.14. The van der Waals surface area contributed by atoms with Crippen LogP contribution in [0.25, 0.3) is 0 Å². The maximum atomic E-state index is 6.12. The van der Waals surface area contributed by atoms with Gasteiger partial charge >= 0.3 is 0 Å². The van der Waals surface area contributed by atoms with Crippen molar-refractivity contribution in [1.82, 2.24) is 9.97 Å². The van der Waals surface area contributed by atoms with Crippen LogP contribution in [-0.2, 0) is 4.74 Å². The topological polar surface area (TPSA) is 82.3 Å². The molecule has 0 aliphatic heterocycles. The number of hydrogen-bond donors (Lipinski definition) is 2. The van der Waals surface area contributed by atoms with Crippen LogP contribution in [0.5, 0.6) is 5.88 Å². The van der Waals surface area contributed by atoms with Crippen LogP contribution in [0.2, 0.25) is 0 Å². The SMILES string of the molecule is CCCCCCNc1nc(C(C)C)nc(OCCOC)c1N. The summed E-state index contributed by atoms with van der Waals surface area (Å²) < 4.78 is 10.6. The molecule has 0 unspecified atom stereocenters. The molecule has 0 spiro atoms. The van der Waals surface area contributed by atoms with Crippen molar-refractivity contribution < 1.29 is 9.47 Å². The van der Waals surface area contributed by atoms with Crippen LogP contribution in [0.15, 0.2) is 0 Å². The van der Waals surface area contributed by atoms with Crippen molar-refractivity contribution in [2.24, 2.45) is 0 Å². The highest BCUT2D eigenvalue weighted by atomic mass is 16.5. The van der Waals surface area contributed by atoms with Gasteiger partial charge in [0.2, 0.25) is 5.88 Å². The van der Waals surface area contributed by atoms with Gasteiger partial charge < -0.3 is 20.5 Å². The Hall–Kier alpha value is -1.56. The number of methoxy groups -OCH3 is 1. The molecule has 126 valence electrons. The van der Waals surface area contributed by atoms with Gasteiger partial charge in [0.05, 0.1) is 6.61 Å². The zero-order valence-electron chi connectivity index (χ0n) is 14.3. The molecule has 3 N–H and O–H groups in total. The largest absolute Gasteiger partial charge is 0.474 e. The van der Waals surface area contributed by atoms with Crippen LogP contribution in [0.4, 0.5) is 11.5 Å². The van der Waals surface area contributed by atoms with E-state index in [1.54, 1.807) is 7.11 Å². The summed E-state index contributed by atoms with van der Waals surface area (Å²) in [6, 6.07) is 0. The number of nitrogens with one attached hydrogen (secondary N) is 1. The maximum Gasteiger partial charge on any atom is 0.242 e. The predicted molar refractivity (Wildman–Crippen MR) is 90.5 cm³/mol. The van der Waals surface area contributed by atoms with E-state index < -0.39 is 0 Å². The highest BCUT2D eigenvalue weighted by Crippen LogP contribution is 2.28. The second-order valence-electron chi connectivity index (χ2n) is 5.63. The molecule has 1 rings (SSSR count). The molecule has 6 heteroatoms. The van der Waals surface area contributed by atoms with Gasteiger partial charge in [-0.2, -0.15) is 4.98 Å². The standard InChI is InChI=1S/C16H30N4O2/c1-5-6-7-8-9-18-15-13(17)16(22-11-10-21-4)20-14(19-15)12(2)3/h12H,5-11,17H2,1-4H3,(H,18,19,20). The Balaban J connectivity index is 2.75. The van der Waals surface area contributed by atoms with Gasteiger partial charge in [-0.1, -0.05) is 40.0 Å². The lowest BCUT2D eigenvalue weighted by molar-refractivity contribution is 0.144. The monoisotopic (exact) mass is 310 g/mol. The van der Waals surface area contributed by atoms with E-state index in [-0.39, 0.29) is 5.92 Å². The summed E-state index contributed by atoms with van der Waals surface area (Å²) in [5.74, 6) is 2.05. The van der Waals surface area contributed by atoms with E-state index in [1.807, 2.05) is 0 Å². The number of anilines is 2. The second kappa shape index (κ2) is 10.2. The highest BCUT2D eigenvalue weighted by Gasteiger charge is 2.14. The Morgan fingerprint density at radius 3 is 2.55 bits per heavy atom. The van der Waals surface area contributed by atoms with Gasteiger partial charge in [0.15, 0.2) is 5.82 Å². The van der Waals surface area contributed by atoms with Gasteiger partial charge in [0, 0.05) is 19.6 Å². The Labute approximate surface area is 133 Å². The molecule has 0 aromatic carbocycles. The number of ether oxygens (including phenoxy) is 2. The first-order valence-electron chi connectivity index (χ1n) is 8.13. The summed E-state index contributed by atoms with van der Waals surface area (Å²) in [6.45, 7) is 8.08. The van der Waals surface area contributed by atoms with Gasteiger partial charge in [-0.05, 0) is 6.42 Å². The van der Waals surface area contributed by atoms with Crippen molar-refractivity contribution in [2.45, 2.75) is 52.4 Å². The summed E-state index contributed by atoms with van der Waals surface area (Å²) in [5.41, 5.74) is 6.59. The molecule has 0 saturated heterocycles. The minimum atomic E-state index is 0.214. The number of nitrogens with two attached hydrogens (primary N) is 1. The summed E-state index contributed by atoms with van der Waals surface area (Å²) >= 11 is 0. The minimum absolute atomic E-state index is 0.214. The lowest BCUT2D eigenvalue weighted by Gasteiger charge is -2.15. The summed E-state index contributed by atoms with van der Waals surface area (Å²) in [6.07, 6.45) is 4.80. The molecule has 0 bridgehead atoms. The van der Waals surface area contributed by atoms with Gasteiger partial charge in [0.25, 0.3) is 0 Å². The van der Waals surface area contributed by atoms with Crippen molar-refractivity contribution in [2.75, 3.05) is 37.9 Å². The Morgan fingerprint density at radius 1 is 1.14 bits per heavy atom. The molecule has 1 aromatic heterocycles. The first-order chi connectivity index (χ1) is 10.6. The fraction of sp³-hybridized carbons (Fsp3) is 0.750. The lowest BCUT2D eigenvalue weighted by atomic mass is 10.2. The quantitative estimate of drug-likeness (QED) is 0.611. The molecule has 0 amide bonds. The van der Waals surface area contributed by atoms with E-state index in [9.17, 15) is 0 Å². The van der Waals surface area contributed by atoms with E-state index in [0.29, 0.717) is 30.6 Å². The Morgan fingerprint density at radius 2 is 1.91 bits per heavy atom. The van der Waals surface area contributed by atoms with Crippen molar-refractivity contribution >= 4 is 11.5 Å². The first-order valence-corrected chi connectivity index (χ1v) is 8.13. The molecule has 1 heterocycles. The molecule has 0 atom stereocenters. The molecule has 0 radical (unpaired) electrons. The number of unbranched alkanes of at least 4 members (excludes halogenated alkanes) is 3. The molecular formula is C16H30N4O2. The molecule has 1 aromatic rings. The molecule has 0 aliphatic rings. The van der Waals surface area contributed by atoms with Gasteiger partial charge in [-0.25, -0.2) is 4.98 Å². The summed E-state index contributed by atoms with van der Waals surface area (Å²) in [4.78, 5) is 8.93. The molecular weight excluding hydrogens is 280 g/mol. The van der Waals surface area contributed by atoms with E-state index >= 15 is 0 Å². The molecule has 22 heavy (non-hydrogen) atoms. The van der Waals surface area contributed by atoms with Crippen molar-refractivity contribution in [3.8, 4) is 5.88 Å². The third-order valence-electron chi connectivity index (χ3n) is 3.29. The number of nitrogens with zero attached hydrogens (tertiary/aromatic N) is 2. The van der Waals surface area contributed by atoms with Crippen molar-refractivity contribution in [3.63, 3.8) is 0 Å². The number of nitrogen functional groups attached to an aromatic ring is 1. The van der Waals surface area contributed by atoms with E-state index in [2.05, 4.69) is 36.1 Å². The highest BCUT2D eigenvalue weighted by molar-refractivity contribution is 5.67. The first kappa shape index (κ1) is 18.5. The molecule has 0 fully saturated rings. The van der Waals surface area contributed by atoms with Crippen molar-refractivity contribution in [1.29, 1.82) is 0 Å². The van der Waals surface area contributed by atoms with E-state index in [1.165, 1.54) is 19.3 Å². The van der Waals surface area contributed by atoms with Gasteiger partial charge in [-0.3, -0.25) is 0 Å². The molecule has 0 saturated carbocycles. The summed E-state index contributed by atoms with van der Waals surface area (Å²) in [5, 5.41) is 3.31. The normalized spacial score (nSPS) is 11.0. The zero-order valence-corrected chi connectivity index (χ0v) is 14.3. The fourth-order valence-corrected chi connectivity index (χ4v) is 1.95. The van der Waals surface area contributed by atoms with Crippen LogP contribution < -0.4 is 15.8 Å².